The molecule has 2 saturated carbocycles. The normalized spacial score (nSPS) is 37.7. The maximum absolute atomic E-state index is 12.9. The number of benzene rings is 1. The SMILES string of the molecule is C[N+]1(CC2CC2)CC[C@]23c4c5ccc(O)c4O[C@H]2[C@H](NC(=O)/C=C/c2ccoc2)CC[C@@]3(O)[C@H]1C5.[I-]. The minimum atomic E-state index is -0.931. The number of carbonyl (C=O) groups excluding carboxylic acids is 1. The summed E-state index contributed by atoms with van der Waals surface area (Å²) < 4.78 is 12.5. The summed E-state index contributed by atoms with van der Waals surface area (Å²) >= 11 is 0. The highest BCUT2D eigenvalue weighted by Gasteiger charge is 2.76. The zero-order valence-electron chi connectivity index (χ0n) is 20.5. The smallest absolute Gasteiger partial charge is 0.244 e. The van der Waals surface area contributed by atoms with E-state index in [1.165, 1.54) is 24.5 Å². The third-order valence-electron chi connectivity index (χ3n) is 9.78. The quantitative estimate of drug-likeness (QED) is 0.252. The van der Waals surface area contributed by atoms with E-state index in [9.17, 15) is 15.0 Å². The lowest BCUT2D eigenvalue weighted by molar-refractivity contribution is -0.950. The maximum atomic E-state index is 12.9. The number of phenols is 1. The third-order valence-corrected chi connectivity index (χ3v) is 9.78. The van der Waals surface area contributed by atoms with Crippen LogP contribution in [0.1, 0.15) is 48.8 Å². The zero-order valence-corrected chi connectivity index (χ0v) is 22.6. The summed E-state index contributed by atoms with van der Waals surface area (Å²) in [7, 11) is 2.33. The molecule has 1 spiro atoms. The Morgan fingerprint density at radius 1 is 1.25 bits per heavy atom. The monoisotopic (exact) mass is 604 g/mol. The molecular formula is C28H33IN2O5. The van der Waals surface area contributed by atoms with E-state index in [1.807, 2.05) is 6.07 Å². The second kappa shape index (κ2) is 8.23. The Morgan fingerprint density at radius 3 is 2.83 bits per heavy atom. The van der Waals surface area contributed by atoms with E-state index < -0.39 is 17.1 Å². The van der Waals surface area contributed by atoms with E-state index in [2.05, 4.69) is 12.4 Å². The van der Waals surface area contributed by atoms with Crippen LogP contribution in [-0.2, 0) is 16.6 Å². The van der Waals surface area contributed by atoms with Crippen molar-refractivity contribution < 1.29 is 52.6 Å². The van der Waals surface area contributed by atoms with E-state index in [0.29, 0.717) is 18.6 Å². The van der Waals surface area contributed by atoms with Crippen LogP contribution in [-0.4, -0.2) is 64.5 Å². The van der Waals surface area contributed by atoms with Crippen molar-refractivity contribution in [2.75, 3.05) is 20.1 Å². The van der Waals surface area contributed by atoms with Gasteiger partial charge in [0.1, 0.15) is 17.7 Å². The van der Waals surface area contributed by atoms with Gasteiger partial charge in [-0.2, -0.15) is 0 Å². The van der Waals surface area contributed by atoms with Gasteiger partial charge in [0.2, 0.25) is 5.91 Å². The first-order valence-electron chi connectivity index (χ1n) is 12.9. The van der Waals surface area contributed by atoms with Crippen molar-refractivity contribution in [2.24, 2.45) is 5.92 Å². The minimum Gasteiger partial charge on any atom is -1.00 e. The average Bonchev–Trinajstić information content (AvgIpc) is 3.33. The molecular weight excluding hydrogens is 571 g/mol. The molecule has 1 saturated heterocycles. The summed E-state index contributed by atoms with van der Waals surface area (Å²) in [5.41, 5.74) is 1.45. The predicted molar refractivity (Wildman–Crippen MR) is 129 cm³/mol. The van der Waals surface area contributed by atoms with E-state index in [1.54, 1.807) is 30.7 Å². The molecule has 1 aromatic heterocycles. The van der Waals surface area contributed by atoms with Gasteiger partial charge in [0, 0.05) is 36.0 Å². The number of aromatic hydroxyl groups is 1. The molecule has 0 radical (unpaired) electrons. The molecule has 1 aromatic carbocycles. The van der Waals surface area contributed by atoms with Gasteiger partial charge in [0.25, 0.3) is 0 Å². The second-order valence-corrected chi connectivity index (χ2v) is 11.7. The number of rotatable bonds is 5. The molecule has 1 unspecified atom stereocenters. The maximum Gasteiger partial charge on any atom is 0.244 e. The summed E-state index contributed by atoms with van der Waals surface area (Å²) in [5.74, 6) is 1.21. The fourth-order valence-corrected chi connectivity index (χ4v) is 8.08. The van der Waals surface area contributed by atoms with Crippen LogP contribution in [0.25, 0.3) is 6.08 Å². The van der Waals surface area contributed by atoms with Crippen molar-refractivity contribution in [1.29, 1.82) is 0 Å². The first kappa shape index (κ1) is 24.3. The van der Waals surface area contributed by atoms with Crippen LogP contribution in [0.3, 0.4) is 0 Å². The van der Waals surface area contributed by atoms with Crippen molar-refractivity contribution >= 4 is 12.0 Å². The lowest BCUT2D eigenvalue weighted by Gasteiger charge is -2.65. The van der Waals surface area contributed by atoms with E-state index in [4.69, 9.17) is 9.15 Å². The van der Waals surface area contributed by atoms with Crippen LogP contribution >= 0.6 is 0 Å². The van der Waals surface area contributed by atoms with Crippen LogP contribution in [0.4, 0.5) is 0 Å². The molecule has 8 heteroatoms. The number of aliphatic hydroxyl groups is 1. The molecule has 2 bridgehead atoms. The Kier molecular flexibility index (Phi) is 5.56. The van der Waals surface area contributed by atoms with Gasteiger partial charge >= 0.3 is 0 Å². The van der Waals surface area contributed by atoms with Crippen molar-refractivity contribution in [3.8, 4) is 11.5 Å². The molecule has 7 rings (SSSR count). The summed E-state index contributed by atoms with van der Waals surface area (Å²) in [6.07, 6.45) is 11.4. The summed E-state index contributed by atoms with van der Waals surface area (Å²) in [4.78, 5) is 12.9. The predicted octanol–water partition coefficient (Wildman–Crippen LogP) is -0.104. The number of quaternary nitrogens is 1. The van der Waals surface area contributed by atoms with Crippen LogP contribution in [0.5, 0.6) is 11.5 Å². The summed E-state index contributed by atoms with van der Waals surface area (Å²) in [6, 6.07) is 5.39. The molecule has 3 N–H and O–H groups in total. The number of amides is 1. The average molecular weight is 604 g/mol. The number of piperidine rings is 1. The molecule has 3 aliphatic carbocycles. The molecule has 5 aliphatic rings. The van der Waals surface area contributed by atoms with Crippen LogP contribution in [0, 0.1) is 5.92 Å². The topological polar surface area (TPSA) is 91.9 Å². The minimum absolute atomic E-state index is 0. The van der Waals surface area contributed by atoms with Gasteiger partial charge in [-0.05, 0) is 49.5 Å². The Morgan fingerprint density at radius 2 is 2.08 bits per heavy atom. The van der Waals surface area contributed by atoms with Crippen molar-refractivity contribution in [3.63, 3.8) is 0 Å². The van der Waals surface area contributed by atoms with E-state index >= 15 is 0 Å². The number of likely N-dealkylation sites (tertiary alicyclic amines) is 1. The number of ether oxygens (including phenoxy) is 1. The van der Waals surface area contributed by atoms with Crippen molar-refractivity contribution in [1.82, 2.24) is 5.32 Å². The first-order chi connectivity index (χ1) is 16.8. The van der Waals surface area contributed by atoms with E-state index in [0.717, 1.165) is 47.5 Å². The van der Waals surface area contributed by atoms with Gasteiger partial charge in [0.15, 0.2) is 11.5 Å². The Hall–Kier alpha value is -2.04. The zero-order chi connectivity index (χ0) is 24.0. The number of nitrogens with zero attached hydrogens (tertiary/aromatic N) is 1. The van der Waals surface area contributed by atoms with Gasteiger partial charge < -0.3 is 53.1 Å². The number of hydrogen-bond donors (Lipinski definition) is 3. The highest BCUT2D eigenvalue weighted by molar-refractivity contribution is 5.92. The molecule has 2 aromatic rings. The summed E-state index contributed by atoms with van der Waals surface area (Å²) in [5, 5.41) is 26.6. The largest absolute Gasteiger partial charge is 1.00 e. The number of hydrogen-bond acceptors (Lipinski definition) is 5. The van der Waals surface area contributed by atoms with Gasteiger partial charge in [0.05, 0.1) is 44.1 Å². The highest BCUT2D eigenvalue weighted by Crippen LogP contribution is 2.66. The van der Waals surface area contributed by atoms with Crippen LogP contribution in [0.15, 0.2) is 41.2 Å². The van der Waals surface area contributed by atoms with E-state index in [-0.39, 0.29) is 47.7 Å². The molecule has 6 atom stereocenters. The van der Waals surface area contributed by atoms with Crippen LogP contribution in [0.2, 0.25) is 0 Å². The molecule has 3 fully saturated rings. The highest BCUT2D eigenvalue weighted by atomic mass is 127. The number of likely N-dealkylation sites (N-methyl/N-ethyl adjacent to an activating group) is 1. The van der Waals surface area contributed by atoms with Crippen molar-refractivity contribution in [3.05, 3.63) is 53.5 Å². The fraction of sp³-hybridized carbons (Fsp3) is 0.536. The number of nitrogens with one attached hydrogen (secondary N) is 1. The number of furan rings is 1. The fourth-order valence-electron chi connectivity index (χ4n) is 8.08. The van der Waals surface area contributed by atoms with Gasteiger partial charge in [-0.3, -0.25) is 4.79 Å². The number of halogens is 1. The first-order valence-corrected chi connectivity index (χ1v) is 12.9. The number of phenolic OH excluding ortho intramolecular Hbond substituents is 1. The molecule has 3 heterocycles. The molecule has 2 aliphatic heterocycles. The Bertz CT molecular complexity index is 1230. The lowest BCUT2D eigenvalue weighted by atomic mass is 9.48. The Balaban J connectivity index is 0.00000240. The Labute approximate surface area is 228 Å². The van der Waals surface area contributed by atoms with Crippen LogP contribution < -0.4 is 34.0 Å². The van der Waals surface area contributed by atoms with Crippen molar-refractivity contribution in [2.45, 2.75) is 67.7 Å². The van der Waals surface area contributed by atoms with Gasteiger partial charge in [-0.15, -0.1) is 0 Å². The summed E-state index contributed by atoms with van der Waals surface area (Å²) in [6.45, 7) is 2.09. The molecule has 7 nitrogen and oxygen atoms in total. The lowest BCUT2D eigenvalue weighted by Crippen LogP contribution is -3.00. The second-order valence-electron chi connectivity index (χ2n) is 11.7. The standard InChI is InChI=1S/C28H32N2O5.HI/c1-30(15-17-2-3-17)12-11-27-24-19-5-6-21(31)25(24)35-26(27)20(8-10-28(27,33)22(30)14-19)29-23(32)7-4-18-9-13-34-16-18;/h4-7,9,13,16-17,20,22,26,33H,2-3,8,10-12,14-15H2,1H3,(H-,29,31,32);1H/b7-4+;/t20-,22-,26+,27+,28-,30?;/m1./s1. The van der Waals surface area contributed by atoms with Gasteiger partial charge in [-0.1, -0.05) is 6.07 Å². The number of carbonyl (C=O) groups is 1. The van der Waals surface area contributed by atoms with Gasteiger partial charge in [-0.25, -0.2) is 0 Å². The molecule has 1 amide bonds. The third kappa shape index (κ3) is 3.26. The molecule has 192 valence electrons. The molecule has 36 heavy (non-hydrogen) atoms.